The van der Waals surface area contributed by atoms with Crippen LogP contribution in [0, 0.1) is 0 Å². The van der Waals surface area contributed by atoms with Gasteiger partial charge in [-0.2, -0.15) is 0 Å². The Labute approximate surface area is 190 Å². The van der Waals surface area contributed by atoms with E-state index >= 15 is 0 Å². The van der Waals surface area contributed by atoms with Gasteiger partial charge in [-0.3, -0.25) is 14.4 Å². The molecule has 0 unspecified atom stereocenters. The van der Waals surface area contributed by atoms with E-state index in [-0.39, 0.29) is 17.6 Å². The Hall–Kier alpha value is -2.95. The average Bonchev–Trinajstić information content (AvgIpc) is 3.56. The molecule has 0 N–H and O–H groups in total. The third-order valence-corrected chi connectivity index (χ3v) is 6.60. The number of likely N-dealkylation sites (tertiary alicyclic amines) is 2. The molecule has 5 heteroatoms. The SMILES string of the molecule is O=C(c1ccc(CCC(=O)N2CCCC2)cc1)c1ccc(CCC(=O)N2CCCC2)cc1. The standard InChI is InChI=1S/C27H32N2O3/c30-25(28-17-1-2-18-28)15-9-21-5-11-23(12-6-21)27(32)24-13-7-22(8-14-24)10-16-26(31)29-19-3-4-20-29/h5-8,11-14H,1-4,9-10,15-20H2. The topological polar surface area (TPSA) is 57.7 Å². The molecule has 0 aromatic heterocycles. The van der Waals surface area contributed by atoms with Crippen LogP contribution in [0.15, 0.2) is 48.5 Å². The highest BCUT2D eigenvalue weighted by Crippen LogP contribution is 2.16. The van der Waals surface area contributed by atoms with Gasteiger partial charge in [0.1, 0.15) is 0 Å². The first-order chi connectivity index (χ1) is 15.6. The van der Waals surface area contributed by atoms with Crippen molar-refractivity contribution in [2.45, 2.75) is 51.4 Å². The van der Waals surface area contributed by atoms with Crippen LogP contribution in [-0.4, -0.2) is 53.6 Å². The molecule has 0 bridgehead atoms. The van der Waals surface area contributed by atoms with Gasteiger partial charge in [-0.15, -0.1) is 0 Å². The van der Waals surface area contributed by atoms with Crippen LogP contribution >= 0.6 is 0 Å². The Kier molecular flexibility index (Phi) is 7.35. The van der Waals surface area contributed by atoms with E-state index < -0.39 is 0 Å². The summed E-state index contributed by atoms with van der Waals surface area (Å²) in [6.07, 6.45) is 6.90. The molecular weight excluding hydrogens is 400 g/mol. The first-order valence-corrected chi connectivity index (χ1v) is 11.9. The minimum atomic E-state index is -0.00983. The number of carbonyl (C=O) groups is 3. The van der Waals surface area contributed by atoms with Crippen LogP contribution in [0.1, 0.15) is 65.6 Å². The molecule has 2 aromatic rings. The van der Waals surface area contributed by atoms with Crippen molar-refractivity contribution in [3.8, 4) is 0 Å². The molecular formula is C27H32N2O3. The van der Waals surface area contributed by atoms with Crippen LogP contribution < -0.4 is 0 Å². The van der Waals surface area contributed by atoms with Gasteiger partial charge in [-0.05, 0) is 49.7 Å². The number of hydrogen-bond acceptors (Lipinski definition) is 3. The summed E-state index contributed by atoms with van der Waals surface area (Å²) in [6, 6.07) is 15.2. The summed E-state index contributed by atoms with van der Waals surface area (Å²) in [4.78, 5) is 41.1. The van der Waals surface area contributed by atoms with Gasteiger partial charge in [-0.25, -0.2) is 0 Å². The van der Waals surface area contributed by atoms with Crippen molar-refractivity contribution in [2.24, 2.45) is 0 Å². The average molecular weight is 433 g/mol. The molecule has 0 radical (unpaired) electrons. The molecule has 2 aromatic carbocycles. The van der Waals surface area contributed by atoms with Crippen molar-refractivity contribution in [3.63, 3.8) is 0 Å². The Morgan fingerprint density at radius 2 is 0.906 bits per heavy atom. The molecule has 2 aliphatic heterocycles. The van der Waals surface area contributed by atoms with Crippen molar-refractivity contribution in [1.29, 1.82) is 0 Å². The molecule has 32 heavy (non-hydrogen) atoms. The van der Waals surface area contributed by atoms with Crippen LogP contribution in [0.3, 0.4) is 0 Å². The molecule has 0 saturated carbocycles. The number of benzene rings is 2. The highest BCUT2D eigenvalue weighted by molar-refractivity contribution is 6.09. The van der Waals surface area contributed by atoms with Crippen molar-refractivity contribution in [3.05, 3.63) is 70.8 Å². The molecule has 2 amide bonds. The molecule has 168 valence electrons. The summed E-state index contributed by atoms with van der Waals surface area (Å²) >= 11 is 0. The molecule has 2 saturated heterocycles. The summed E-state index contributed by atoms with van der Waals surface area (Å²) in [5, 5.41) is 0. The zero-order chi connectivity index (χ0) is 22.3. The number of amides is 2. The second kappa shape index (κ2) is 10.6. The van der Waals surface area contributed by atoms with E-state index in [0.717, 1.165) is 63.0 Å². The van der Waals surface area contributed by atoms with Gasteiger partial charge in [0.15, 0.2) is 5.78 Å². The van der Waals surface area contributed by atoms with Crippen molar-refractivity contribution < 1.29 is 14.4 Å². The van der Waals surface area contributed by atoms with E-state index in [1.165, 1.54) is 0 Å². The van der Waals surface area contributed by atoms with E-state index in [2.05, 4.69) is 0 Å². The number of rotatable bonds is 8. The molecule has 4 rings (SSSR count). The van der Waals surface area contributed by atoms with E-state index in [9.17, 15) is 14.4 Å². The maximum atomic E-state index is 12.8. The Morgan fingerprint density at radius 3 is 1.25 bits per heavy atom. The van der Waals surface area contributed by atoms with Crippen LogP contribution in [0.2, 0.25) is 0 Å². The zero-order valence-electron chi connectivity index (χ0n) is 18.7. The highest BCUT2D eigenvalue weighted by Gasteiger charge is 2.18. The van der Waals surface area contributed by atoms with E-state index in [4.69, 9.17) is 0 Å². The number of ketones is 1. The number of hydrogen-bond donors (Lipinski definition) is 0. The van der Waals surface area contributed by atoms with Gasteiger partial charge in [0.25, 0.3) is 0 Å². The predicted octanol–water partition coefficient (Wildman–Crippen LogP) is 4.03. The zero-order valence-corrected chi connectivity index (χ0v) is 18.7. The Balaban J connectivity index is 1.27. The molecule has 0 atom stereocenters. The van der Waals surface area contributed by atoms with Gasteiger partial charge < -0.3 is 9.80 Å². The monoisotopic (exact) mass is 432 g/mol. The predicted molar refractivity (Wildman–Crippen MR) is 125 cm³/mol. The van der Waals surface area contributed by atoms with Crippen molar-refractivity contribution in [1.82, 2.24) is 9.80 Å². The lowest BCUT2D eigenvalue weighted by molar-refractivity contribution is -0.130. The minimum absolute atomic E-state index is 0.00983. The van der Waals surface area contributed by atoms with Crippen LogP contribution in [-0.2, 0) is 22.4 Å². The second-order valence-corrected chi connectivity index (χ2v) is 8.90. The summed E-state index contributed by atoms with van der Waals surface area (Å²) in [6.45, 7) is 3.55. The normalized spacial score (nSPS) is 15.9. The molecule has 5 nitrogen and oxygen atoms in total. The Morgan fingerprint density at radius 1 is 0.562 bits per heavy atom. The minimum Gasteiger partial charge on any atom is -0.343 e. The van der Waals surface area contributed by atoms with E-state index in [1.807, 2.05) is 58.3 Å². The van der Waals surface area contributed by atoms with Gasteiger partial charge in [-0.1, -0.05) is 48.5 Å². The maximum Gasteiger partial charge on any atom is 0.222 e. The van der Waals surface area contributed by atoms with Crippen LogP contribution in [0.4, 0.5) is 0 Å². The maximum absolute atomic E-state index is 12.8. The van der Waals surface area contributed by atoms with Crippen LogP contribution in [0.5, 0.6) is 0 Å². The molecule has 2 aliphatic rings. The van der Waals surface area contributed by atoms with Gasteiger partial charge in [0.2, 0.25) is 11.8 Å². The molecule has 2 heterocycles. The molecule has 2 fully saturated rings. The summed E-state index contributed by atoms with van der Waals surface area (Å²) in [5.74, 6) is 0.444. The first-order valence-electron chi connectivity index (χ1n) is 11.9. The lowest BCUT2D eigenvalue weighted by Crippen LogP contribution is -2.27. The smallest absolute Gasteiger partial charge is 0.222 e. The highest BCUT2D eigenvalue weighted by atomic mass is 16.2. The summed E-state index contributed by atoms with van der Waals surface area (Å²) in [5.41, 5.74) is 3.45. The number of nitrogens with zero attached hydrogens (tertiary/aromatic N) is 2. The quantitative estimate of drug-likeness (QED) is 0.592. The lowest BCUT2D eigenvalue weighted by atomic mass is 9.99. The third kappa shape index (κ3) is 5.64. The Bertz CT molecular complexity index is 860. The fourth-order valence-corrected chi connectivity index (χ4v) is 4.56. The van der Waals surface area contributed by atoms with Crippen LogP contribution in [0.25, 0.3) is 0 Å². The number of aryl methyl sites for hydroxylation is 2. The van der Waals surface area contributed by atoms with Gasteiger partial charge >= 0.3 is 0 Å². The van der Waals surface area contributed by atoms with E-state index in [0.29, 0.717) is 36.8 Å². The number of carbonyl (C=O) groups excluding carboxylic acids is 3. The molecule has 0 aliphatic carbocycles. The lowest BCUT2D eigenvalue weighted by Gasteiger charge is -2.15. The third-order valence-electron chi connectivity index (χ3n) is 6.60. The fourth-order valence-electron chi connectivity index (χ4n) is 4.56. The van der Waals surface area contributed by atoms with Gasteiger partial charge in [0, 0.05) is 50.1 Å². The second-order valence-electron chi connectivity index (χ2n) is 8.90. The summed E-state index contributed by atoms with van der Waals surface area (Å²) < 4.78 is 0. The fraction of sp³-hybridized carbons (Fsp3) is 0.444. The molecule has 0 spiro atoms. The van der Waals surface area contributed by atoms with Crippen molar-refractivity contribution in [2.75, 3.05) is 26.2 Å². The first kappa shape index (κ1) is 22.3. The van der Waals surface area contributed by atoms with E-state index in [1.54, 1.807) is 0 Å². The summed E-state index contributed by atoms with van der Waals surface area (Å²) in [7, 11) is 0. The largest absolute Gasteiger partial charge is 0.343 e. The van der Waals surface area contributed by atoms with Crippen molar-refractivity contribution >= 4 is 17.6 Å². The van der Waals surface area contributed by atoms with Gasteiger partial charge in [0.05, 0.1) is 0 Å².